The van der Waals surface area contributed by atoms with Crippen molar-refractivity contribution < 1.29 is 0 Å². The van der Waals surface area contributed by atoms with Crippen LogP contribution in [-0.4, -0.2) is 10.2 Å². The monoisotopic (exact) mass is 165 g/mol. The first-order chi connectivity index (χ1) is 5.60. The highest BCUT2D eigenvalue weighted by molar-refractivity contribution is 5.19. The maximum absolute atomic E-state index is 6.17. The molecule has 1 aliphatic carbocycles. The zero-order valence-corrected chi connectivity index (χ0v) is 7.59. The summed E-state index contributed by atoms with van der Waals surface area (Å²) in [4.78, 5) is 0. The van der Waals surface area contributed by atoms with Gasteiger partial charge in [-0.25, -0.2) is 0 Å². The summed E-state index contributed by atoms with van der Waals surface area (Å²) < 4.78 is 0. The summed E-state index contributed by atoms with van der Waals surface area (Å²) in [5, 5.41) is 7.13. The highest BCUT2D eigenvalue weighted by atomic mass is 15.1. The Kier molecular flexibility index (Phi) is 1.51. The third-order valence-electron chi connectivity index (χ3n) is 2.68. The van der Waals surface area contributed by atoms with Crippen molar-refractivity contribution in [3.05, 3.63) is 17.5 Å². The fourth-order valence-electron chi connectivity index (χ4n) is 1.59. The molecule has 3 heteroatoms. The molecule has 1 heterocycles. The van der Waals surface area contributed by atoms with E-state index >= 15 is 0 Å². The van der Waals surface area contributed by atoms with Crippen LogP contribution in [0.5, 0.6) is 0 Å². The van der Waals surface area contributed by atoms with Gasteiger partial charge in [-0.3, -0.25) is 5.10 Å². The zero-order valence-electron chi connectivity index (χ0n) is 7.59. The number of nitrogens with zero attached hydrogens (tertiary/aromatic N) is 1. The topological polar surface area (TPSA) is 54.7 Å². The lowest BCUT2D eigenvalue weighted by atomic mass is 9.93. The molecule has 3 N–H and O–H groups in total. The van der Waals surface area contributed by atoms with Crippen LogP contribution < -0.4 is 5.73 Å². The maximum Gasteiger partial charge on any atom is 0.0823 e. The predicted molar refractivity (Wildman–Crippen MR) is 47.6 cm³/mol. The quantitative estimate of drug-likeness (QED) is 0.694. The minimum atomic E-state index is -0.217. The first-order valence-corrected chi connectivity index (χ1v) is 4.42. The van der Waals surface area contributed by atoms with E-state index < -0.39 is 0 Å². The third kappa shape index (κ3) is 1.14. The van der Waals surface area contributed by atoms with Crippen molar-refractivity contribution >= 4 is 0 Å². The van der Waals surface area contributed by atoms with Gasteiger partial charge < -0.3 is 5.73 Å². The average Bonchev–Trinajstić information content (AvgIpc) is 2.75. The van der Waals surface area contributed by atoms with E-state index in [2.05, 4.69) is 17.1 Å². The lowest BCUT2D eigenvalue weighted by molar-refractivity contribution is 0.414. The fourth-order valence-corrected chi connectivity index (χ4v) is 1.59. The van der Waals surface area contributed by atoms with Crippen molar-refractivity contribution in [2.75, 3.05) is 0 Å². The standard InChI is InChI=1S/C9H15N3/c1-6-5-8(12-11-6)9(2,10)7-3-4-7/h5,7H,3-4,10H2,1-2H3,(H,11,12). The van der Waals surface area contributed by atoms with Gasteiger partial charge in [0.05, 0.1) is 11.2 Å². The van der Waals surface area contributed by atoms with E-state index in [-0.39, 0.29) is 5.54 Å². The van der Waals surface area contributed by atoms with E-state index in [0.717, 1.165) is 11.4 Å². The molecule has 1 saturated carbocycles. The summed E-state index contributed by atoms with van der Waals surface area (Å²) >= 11 is 0. The van der Waals surface area contributed by atoms with Crippen LogP contribution in [0.4, 0.5) is 0 Å². The van der Waals surface area contributed by atoms with Gasteiger partial charge in [-0.05, 0) is 38.7 Å². The van der Waals surface area contributed by atoms with Gasteiger partial charge in [-0.2, -0.15) is 5.10 Å². The van der Waals surface area contributed by atoms with Crippen LogP contribution in [0.3, 0.4) is 0 Å². The van der Waals surface area contributed by atoms with E-state index in [0.29, 0.717) is 5.92 Å². The molecule has 1 unspecified atom stereocenters. The van der Waals surface area contributed by atoms with Crippen LogP contribution >= 0.6 is 0 Å². The number of rotatable bonds is 2. The molecule has 3 nitrogen and oxygen atoms in total. The number of aromatic nitrogens is 2. The van der Waals surface area contributed by atoms with Gasteiger partial charge in [0.25, 0.3) is 0 Å². The molecule has 0 bridgehead atoms. The Balaban J connectivity index is 2.27. The largest absolute Gasteiger partial charge is 0.320 e. The molecule has 0 amide bonds. The summed E-state index contributed by atoms with van der Waals surface area (Å²) in [5.74, 6) is 0.639. The molecule has 12 heavy (non-hydrogen) atoms. The molecular weight excluding hydrogens is 150 g/mol. The molecule has 0 aromatic carbocycles. The second-order valence-corrected chi connectivity index (χ2v) is 3.99. The fraction of sp³-hybridized carbons (Fsp3) is 0.667. The Labute approximate surface area is 72.4 Å². The smallest absolute Gasteiger partial charge is 0.0823 e. The third-order valence-corrected chi connectivity index (χ3v) is 2.68. The Morgan fingerprint density at radius 1 is 1.67 bits per heavy atom. The minimum absolute atomic E-state index is 0.217. The minimum Gasteiger partial charge on any atom is -0.320 e. The van der Waals surface area contributed by atoms with Crippen LogP contribution in [-0.2, 0) is 5.54 Å². The number of hydrogen-bond acceptors (Lipinski definition) is 2. The van der Waals surface area contributed by atoms with Gasteiger partial charge in [0.1, 0.15) is 0 Å². The van der Waals surface area contributed by atoms with Gasteiger partial charge in [0.15, 0.2) is 0 Å². The number of aryl methyl sites for hydroxylation is 1. The summed E-state index contributed by atoms with van der Waals surface area (Å²) in [6.45, 7) is 4.07. The molecule has 1 atom stereocenters. The summed E-state index contributed by atoms with van der Waals surface area (Å²) in [6, 6.07) is 2.04. The van der Waals surface area contributed by atoms with Crippen molar-refractivity contribution in [1.82, 2.24) is 10.2 Å². The number of nitrogens with one attached hydrogen (secondary N) is 1. The van der Waals surface area contributed by atoms with Crippen molar-refractivity contribution in [1.29, 1.82) is 0 Å². The Bertz CT molecular complexity index is 284. The van der Waals surface area contributed by atoms with Crippen LogP contribution in [0.25, 0.3) is 0 Å². The highest BCUT2D eigenvalue weighted by Crippen LogP contribution is 2.43. The molecule has 1 aromatic heterocycles. The van der Waals surface area contributed by atoms with Gasteiger partial charge >= 0.3 is 0 Å². The number of H-pyrrole nitrogens is 1. The molecule has 0 aliphatic heterocycles. The number of aromatic amines is 1. The van der Waals surface area contributed by atoms with E-state index in [9.17, 15) is 0 Å². The molecular formula is C9H15N3. The van der Waals surface area contributed by atoms with Crippen LogP contribution in [0.15, 0.2) is 6.07 Å². The first-order valence-electron chi connectivity index (χ1n) is 4.42. The lowest BCUT2D eigenvalue weighted by Gasteiger charge is -2.21. The van der Waals surface area contributed by atoms with Crippen LogP contribution in [0.2, 0.25) is 0 Å². The lowest BCUT2D eigenvalue weighted by Crippen LogP contribution is -2.35. The Morgan fingerprint density at radius 3 is 2.75 bits per heavy atom. The van der Waals surface area contributed by atoms with Crippen LogP contribution in [0.1, 0.15) is 31.2 Å². The van der Waals surface area contributed by atoms with E-state index in [4.69, 9.17) is 5.73 Å². The molecule has 0 spiro atoms. The highest BCUT2D eigenvalue weighted by Gasteiger charge is 2.41. The predicted octanol–water partition coefficient (Wildman–Crippen LogP) is 1.30. The summed E-state index contributed by atoms with van der Waals surface area (Å²) in [7, 11) is 0. The van der Waals surface area contributed by atoms with Gasteiger partial charge in [0.2, 0.25) is 0 Å². The second kappa shape index (κ2) is 2.33. The molecule has 1 aromatic rings. The average molecular weight is 165 g/mol. The van der Waals surface area contributed by atoms with E-state index in [1.165, 1.54) is 12.8 Å². The summed E-state index contributed by atoms with van der Waals surface area (Å²) in [6.07, 6.45) is 2.50. The van der Waals surface area contributed by atoms with Crippen molar-refractivity contribution in [3.8, 4) is 0 Å². The SMILES string of the molecule is Cc1cc(C(C)(N)C2CC2)n[nH]1. The molecule has 0 radical (unpaired) electrons. The zero-order chi connectivity index (χ0) is 8.77. The van der Waals surface area contributed by atoms with Crippen LogP contribution in [0, 0.1) is 12.8 Å². The Hall–Kier alpha value is -0.830. The number of nitrogens with two attached hydrogens (primary N) is 1. The second-order valence-electron chi connectivity index (χ2n) is 3.99. The molecule has 2 rings (SSSR count). The van der Waals surface area contributed by atoms with Crippen molar-refractivity contribution in [2.24, 2.45) is 11.7 Å². The van der Waals surface area contributed by atoms with E-state index in [1.54, 1.807) is 0 Å². The van der Waals surface area contributed by atoms with Crippen molar-refractivity contribution in [2.45, 2.75) is 32.2 Å². The normalized spacial score (nSPS) is 22.2. The van der Waals surface area contributed by atoms with E-state index in [1.807, 2.05) is 13.0 Å². The molecule has 66 valence electrons. The molecule has 1 aliphatic rings. The summed E-state index contributed by atoms with van der Waals surface area (Å²) in [5.41, 5.74) is 8.04. The maximum atomic E-state index is 6.17. The van der Waals surface area contributed by atoms with Gasteiger partial charge in [0, 0.05) is 5.69 Å². The van der Waals surface area contributed by atoms with Crippen molar-refractivity contribution in [3.63, 3.8) is 0 Å². The molecule has 1 fully saturated rings. The first kappa shape index (κ1) is 7.80. The van der Waals surface area contributed by atoms with Gasteiger partial charge in [-0.1, -0.05) is 0 Å². The van der Waals surface area contributed by atoms with Gasteiger partial charge in [-0.15, -0.1) is 0 Å². The number of hydrogen-bond donors (Lipinski definition) is 2. The molecule has 0 saturated heterocycles. The Morgan fingerprint density at radius 2 is 2.33 bits per heavy atom.